The van der Waals surface area contributed by atoms with E-state index in [4.69, 9.17) is 9.47 Å². The molecule has 4 rings (SSSR count). The molecule has 2 amide bonds. The predicted molar refractivity (Wildman–Crippen MR) is 111 cm³/mol. The summed E-state index contributed by atoms with van der Waals surface area (Å²) in [4.78, 5) is 22.5. The highest BCUT2D eigenvalue weighted by Crippen LogP contribution is 2.42. The van der Waals surface area contributed by atoms with Crippen LogP contribution in [-0.2, 0) is 12.6 Å². The quantitative estimate of drug-likeness (QED) is 0.599. The van der Waals surface area contributed by atoms with Crippen molar-refractivity contribution in [3.8, 4) is 17.4 Å². The van der Waals surface area contributed by atoms with Gasteiger partial charge >= 0.3 is 12.2 Å². The second-order valence-corrected chi connectivity index (χ2v) is 7.06. The summed E-state index contributed by atoms with van der Waals surface area (Å²) >= 11 is 0. The summed E-state index contributed by atoms with van der Waals surface area (Å²) in [6.45, 7) is 2.02. The maximum atomic E-state index is 13.4. The fraction of sp³-hybridized carbons (Fsp3) is 0.227. The molecule has 7 nitrogen and oxygen atoms in total. The summed E-state index contributed by atoms with van der Waals surface area (Å²) in [5.41, 5.74) is 0.531. The molecule has 2 aromatic heterocycles. The third-order valence-electron chi connectivity index (χ3n) is 4.98. The molecule has 0 spiro atoms. The Bertz CT molecular complexity index is 1170. The molecule has 32 heavy (non-hydrogen) atoms. The summed E-state index contributed by atoms with van der Waals surface area (Å²) in [5.74, 6) is 0.693. The first-order chi connectivity index (χ1) is 15.3. The van der Waals surface area contributed by atoms with Crippen molar-refractivity contribution in [3.05, 3.63) is 65.5 Å². The van der Waals surface area contributed by atoms with Gasteiger partial charge in [0.2, 0.25) is 5.88 Å². The molecular formula is C22H19F3N4O3. The highest BCUT2D eigenvalue weighted by molar-refractivity contribution is 6.02. The van der Waals surface area contributed by atoms with Crippen molar-refractivity contribution in [2.75, 3.05) is 23.9 Å². The normalized spacial score (nSPS) is 13.0. The molecule has 0 unspecified atom stereocenters. The molecular weight excluding hydrogens is 425 g/mol. The van der Waals surface area contributed by atoms with Crippen LogP contribution in [0, 0.1) is 6.92 Å². The van der Waals surface area contributed by atoms with Gasteiger partial charge in [-0.3, -0.25) is 15.2 Å². The Hall–Kier alpha value is -3.82. The van der Waals surface area contributed by atoms with Crippen molar-refractivity contribution in [1.82, 2.24) is 9.97 Å². The number of alkyl halides is 3. The first-order valence-corrected chi connectivity index (χ1v) is 9.69. The number of anilines is 2. The first-order valence-electron chi connectivity index (χ1n) is 9.69. The highest BCUT2D eigenvalue weighted by Gasteiger charge is 2.37. The van der Waals surface area contributed by atoms with Crippen LogP contribution >= 0.6 is 0 Å². The largest absolute Gasteiger partial charge is 0.496 e. The molecule has 1 N–H and O–H groups in total. The van der Waals surface area contributed by atoms with Crippen LogP contribution in [0.2, 0.25) is 0 Å². The Balaban J connectivity index is 1.55. The van der Waals surface area contributed by atoms with E-state index in [2.05, 4.69) is 15.3 Å². The molecule has 1 aliphatic rings. The Morgan fingerprint density at radius 1 is 1.16 bits per heavy atom. The fourth-order valence-electron chi connectivity index (χ4n) is 3.42. The van der Waals surface area contributed by atoms with E-state index in [1.54, 1.807) is 43.5 Å². The Morgan fingerprint density at radius 2 is 1.97 bits per heavy atom. The Kier molecular flexibility index (Phi) is 5.60. The lowest BCUT2D eigenvalue weighted by Crippen LogP contribution is -2.33. The van der Waals surface area contributed by atoms with Crippen molar-refractivity contribution in [1.29, 1.82) is 0 Å². The third kappa shape index (κ3) is 4.29. The average molecular weight is 444 g/mol. The molecule has 0 aliphatic carbocycles. The van der Waals surface area contributed by atoms with Gasteiger partial charge in [-0.15, -0.1) is 0 Å². The van der Waals surface area contributed by atoms with Gasteiger partial charge in [0.15, 0.2) is 5.75 Å². The maximum absolute atomic E-state index is 13.4. The molecule has 0 saturated carbocycles. The first kappa shape index (κ1) is 21.4. The van der Waals surface area contributed by atoms with Crippen LogP contribution < -0.4 is 19.7 Å². The molecule has 1 aliphatic heterocycles. The van der Waals surface area contributed by atoms with Gasteiger partial charge < -0.3 is 9.47 Å². The van der Waals surface area contributed by atoms with Crippen molar-refractivity contribution < 1.29 is 27.4 Å². The molecule has 0 bridgehead atoms. The maximum Gasteiger partial charge on any atom is 0.420 e. The lowest BCUT2D eigenvalue weighted by atomic mass is 10.1. The number of methoxy groups -OCH3 is 1. The van der Waals surface area contributed by atoms with E-state index in [0.29, 0.717) is 23.4 Å². The van der Waals surface area contributed by atoms with Crippen molar-refractivity contribution in [3.63, 3.8) is 0 Å². The van der Waals surface area contributed by atoms with E-state index < -0.39 is 17.8 Å². The van der Waals surface area contributed by atoms with E-state index in [1.807, 2.05) is 0 Å². The smallest absolute Gasteiger partial charge is 0.420 e. The minimum absolute atomic E-state index is 0.189. The van der Waals surface area contributed by atoms with Crippen LogP contribution in [0.15, 0.2) is 48.7 Å². The van der Waals surface area contributed by atoms with Crippen LogP contribution in [0.5, 0.6) is 17.4 Å². The molecule has 3 heterocycles. The van der Waals surface area contributed by atoms with Gasteiger partial charge in [0, 0.05) is 24.5 Å². The molecule has 0 saturated heterocycles. The number of aryl methyl sites for hydroxylation is 1. The SMILES string of the molecule is COc1cc2c(cc1C(F)(F)F)N(C(=O)Nc1cccc(Oc3cccnc3C)n1)CC2. The van der Waals surface area contributed by atoms with Gasteiger partial charge in [0.05, 0.1) is 18.4 Å². The standard InChI is InChI=1S/C22H19F3N4O3/c1-13-17(5-4-9-26-13)32-20-7-3-6-19(27-20)28-21(30)29-10-8-14-11-18(31-2)15(12-16(14)29)22(23,24)25/h3-7,9,11-12H,8,10H2,1-2H3,(H,27,28,30). The number of fused-ring (bicyclic) bond motifs is 1. The number of amides is 2. The number of carbonyl (C=O) groups is 1. The Morgan fingerprint density at radius 3 is 2.69 bits per heavy atom. The van der Waals surface area contributed by atoms with Crippen LogP contribution in [0.3, 0.4) is 0 Å². The number of nitrogens with one attached hydrogen (secondary N) is 1. The van der Waals surface area contributed by atoms with E-state index >= 15 is 0 Å². The zero-order chi connectivity index (χ0) is 22.9. The third-order valence-corrected chi connectivity index (χ3v) is 4.98. The van der Waals surface area contributed by atoms with Crippen molar-refractivity contribution >= 4 is 17.5 Å². The summed E-state index contributed by atoms with van der Waals surface area (Å²) < 4.78 is 50.8. The number of ether oxygens (including phenoxy) is 2. The second-order valence-electron chi connectivity index (χ2n) is 7.06. The van der Waals surface area contributed by atoms with Crippen molar-refractivity contribution in [2.45, 2.75) is 19.5 Å². The summed E-state index contributed by atoms with van der Waals surface area (Å²) in [6, 6.07) is 9.97. The van der Waals surface area contributed by atoms with E-state index in [1.165, 1.54) is 18.1 Å². The molecule has 166 valence electrons. The number of hydrogen-bond acceptors (Lipinski definition) is 5. The number of aromatic nitrogens is 2. The highest BCUT2D eigenvalue weighted by atomic mass is 19.4. The predicted octanol–water partition coefficient (Wildman–Crippen LogP) is 5.20. The number of benzene rings is 1. The lowest BCUT2D eigenvalue weighted by Gasteiger charge is -2.20. The van der Waals surface area contributed by atoms with Gasteiger partial charge in [-0.2, -0.15) is 18.2 Å². The summed E-state index contributed by atoms with van der Waals surface area (Å²) in [7, 11) is 1.18. The number of nitrogens with zero attached hydrogens (tertiary/aromatic N) is 3. The zero-order valence-electron chi connectivity index (χ0n) is 17.2. The number of pyridine rings is 2. The number of urea groups is 1. The van der Waals surface area contributed by atoms with Gasteiger partial charge in [-0.1, -0.05) is 6.07 Å². The average Bonchev–Trinajstić information content (AvgIpc) is 3.17. The summed E-state index contributed by atoms with van der Waals surface area (Å²) in [6.07, 6.45) is -2.56. The minimum atomic E-state index is -4.61. The molecule has 0 fully saturated rings. The van der Waals surface area contributed by atoms with Gasteiger partial charge in [-0.05, 0) is 49.2 Å². The number of carbonyl (C=O) groups excluding carboxylic acids is 1. The topological polar surface area (TPSA) is 76.6 Å². The van der Waals surface area contributed by atoms with Gasteiger partial charge in [0.25, 0.3) is 0 Å². The number of halogens is 3. The fourth-order valence-corrected chi connectivity index (χ4v) is 3.42. The Labute approximate surface area is 181 Å². The van der Waals surface area contributed by atoms with E-state index in [-0.39, 0.29) is 29.7 Å². The number of hydrogen-bond donors (Lipinski definition) is 1. The molecule has 10 heteroatoms. The van der Waals surface area contributed by atoms with Crippen LogP contribution in [0.25, 0.3) is 0 Å². The van der Waals surface area contributed by atoms with Crippen LogP contribution in [0.4, 0.5) is 29.5 Å². The minimum Gasteiger partial charge on any atom is -0.496 e. The number of rotatable bonds is 4. The lowest BCUT2D eigenvalue weighted by molar-refractivity contribution is -0.138. The monoisotopic (exact) mass is 444 g/mol. The summed E-state index contributed by atoms with van der Waals surface area (Å²) in [5, 5.41) is 2.62. The molecule has 0 radical (unpaired) electrons. The van der Waals surface area contributed by atoms with Crippen molar-refractivity contribution in [2.24, 2.45) is 0 Å². The second kappa shape index (κ2) is 8.37. The zero-order valence-corrected chi connectivity index (χ0v) is 17.2. The molecule has 1 aromatic carbocycles. The van der Waals surface area contributed by atoms with Crippen LogP contribution in [-0.4, -0.2) is 29.7 Å². The molecule has 3 aromatic rings. The molecule has 0 atom stereocenters. The van der Waals surface area contributed by atoms with Gasteiger partial charge in [-0.25, -0.2) is 4.79 Å². The van der Waals surface area contributed by atoms with E-state index in [9.17, 15) is 18.0 Å². The van der Waals surface area contributed by atoms with E-state index in [0.717, 1.165) is 6.07 Å². The van der Waals surface area contributed by atoms with Gasteiger partial charge in [0.1, 0.15) is 11.6 Å². The van der Waals surface area contributed by atoms with Crippen LogP contribution in [0.1, 0.15) is 16.8 Å².